The summed E-state index contributed by atoms with van der Waals surface area (Å²) < 4.78 is 16.9. The van der Waals surface area contributed by atoms with E-state index < -0.39 is 0 Å². The highest BCUT2D eigenvalue weighted by atomic mass is 16.6. The van der Waals surface area contributed by atoms with Crippen LogP contribution in [0.4, 0.5) is 0 Å². The SMILES string of the molecule is COc1ccccc1[C@](OC)(C1CC1)C1CO1. The predicted molar refractivity (Wildman–Crippen MR) is 64.1 cm³/mol. The maximum absolute atomic E-state index is 5.91. The van der Waals surface area contributed by atoms with Crippen LogP contribution in [0.15, 0.2) is 24.3 Å². The second-order valence-electron chi connectivity index (χ2n) is 4.79. The lowest BCUT2D eigenvalue weighted by Crippen LogP contribution is -2.37. The summed E-state index contributed by atoms with van der Waals surface area (Å²) in [7, 11) is 3.49. The number of methoxy groups -OCH3 is 2. The van der Waals surface area contributed by atoms with Gasteiger partial charge in [0.15, 0.2) is 0 Å². The van der Waals surface area contributed by atoms with Gasteiger partial charge in [0.25, 0.3) is 0 Å². The molecule has 3 rings (SSSR count). The van der Waals surface area contributed by atoms with E-state index in [-0.39, 0.29) is 11.7 Å². The second kappa shape index (κ2) is 4.00. The van der Waals surface area contributed by atoms with Crippen molar-refractivity contribution in [2.75, 3.05) is 20.8 Å². The molecule has 0 N–H and O–H groups in total. The van der Waals surface area contributed by atoms with E-state index in [9.17, 15) is 0 Å². The zero-order valence-corrected chi connectivity index (χ0v) is 10.3. The molecule has 0 bridgehead atoms. The summed E-state index contributed by atoms with van der Waals surface area (Å²) in [5, 5.41) is 0. The first-order valence-corrected chi connectivity index (χ1v) is 6.13. The maximum atomic E-state index is 5.91. The average molecular weight is 234 g/mol. The first-order chi connectivity index (χ1) is 8.32. The molecule has 0 amide bonds. The Labute approximate surface area is 102 Å². The molecule has 1 saturated heterocycles. The lowest BCUT2D eigenvalue weighted by atomic mass is 9.84. The van der Waals surface area contributed by atoms with Gasteiger partial charge in [-0.3, -0.25) is 0 Å². The molecule has 3 nitrogen and oxygen atoms in total. The van der Waals surface area contributed by atoms with Crippen LogP contribution in [0.3, 0.4) is 0 Å². The molecule has 0 aromatic heterocycles. The minimum atomic E-state index is -0.299. The summed E-state index contributed by atoms with van der Waals surface area (Å²) in [4.78, 5) is 0. The molecule has 3 heteroatoms. The average Bonchev–Trinajstić information content (AvgIpc) is 3.23. The molecule has 92 valence electrons. The first-order valence-electron chi connectivity index (χ1n) is 6.13. The van der Waals surface area contributed by atoms with Gasteiger partial charge in [-0.05, 0) is 24.8 Å². The summed E-state index contributed by atoms with van der Waals surface area (Å²) in [6, 6.07) is 8.12. The molecule has 1 aliphatic heterocycles. The van der Waals surface area contributed by atoms with Crippen LogP contribution in [0.2, 0.25) is 0 Å². The van der Waals surface area contributed by atoms with Crippen molar-refractivity contribution in [1.82, 2.24) is 0 Å². The van der Waals surface area contributed by atoms with Gasteiger partial charge in [0.1, 0.15) is 17.5 Å². The van der Waals surface area contributed by atoms with E-state index in [1.807, 2.05) is 18.2 Å². The van der Waals surface area contributed by atoms with Crippen molar-refractivity contribution >= 4 is 0 Å². The molecule has 1 aromatic rings. The predicted octanol–water partition coefficient (Wildman–Crippen LogP) is 2.35. The number of hydrogen-bond acceptors (Lipinski definition) is 3. The molecule has 1 heterocycles. The Hall–Kier alpha value is -1.06. The van der Waals surface area contributed by atoms with E-state index in [1.165, 1.54) is 12.8 Å². The number of epoxide rings is 1. The van der Waals surface area contributed by atoms with Crippen molar-refractivity contribution in [3.63, 3.8) is 0 Å². The van der Waals surface area contributed by atoms with Gasteiger partial charge < -0.3 is 14.2 Å². The lowest BCUT2D eigenvalue weighted by molar-refractivity contribution is -0.0576. The van der Waals surface area contributed by atoms with Gasteiger partial charge in [-0.15, -0.1) is 0 Å². The summed E-state index contributed by atoms with van der Waals surface area (Å²) in [6.07, 6.45) is 2.62. The normalized spacial score (nSPS) is 26.4. The van der Waals surface area contributed by atoms with Gasteiger partial charge in [-0.25, -0.2) is 0 Å². The van der Waals surface area contributed by atoms with Gasteiger partial charge in [0, 0.05) is 12.7 Å². The fourth-order valence-corrected chi connectivity index (χ4v) is 2.84. The van der Waals surface area contributed by atoms with Crippen LogP contribution in [0.25, 0.3) is 0 Å². The Balaban J connectivity index is 2.07. The zero-order chi connectivity index (χ0) is 11.9. The highest BCUT2D eigenvalue weighted by molar-refractivity contribution is 5.41. The van der Waals surface area contributed by atoms with Crippen LogP contribution in [-0.2, 0) is 15.1 Å². The number of benzene rings is 1. The van der Waals surface area contributed by atoms with Gasteiger partial charge in [0.05, 0.1) is 13.7 Å². The second-order valence-corrected chi connectivity index (χ2v) is 4.79. The van der Waals surface area contributed by atoms with Gasteiger partial charge in [0.2, 0.25) is 0 Å². The fraction of sp³-hybridized carbons (Fsp3) is 0.571. The number of ether oxygens (including phenoxy) is 3. The minimum absolute atomic E-state index is 0.191. The smallest absolute Gasteiger partial charge is 0.127 e. The number of rotatable bonds is 5. The van der Waals surface area contributed by atoms with E-state index in [0.717, 1.165) is 17.9 Å². The van der Waals surface area contributed by atoms with Crippen LogP contribution in [-0.4, -0.2) is 26.9 Å². The molecule has 1 aliphatic carbocycles. The number of hydrogen-bond donors (Lipinski definition) is 0. The van der Waals surface area contributed by atoms with Crippen molar-refractivity contribution in [3.05, 3.63) is 29.8 Å². The van der Waals surface area contributed by atoms with Gasteiger partial charge in [-0.2, -0.15) is 0 Å². The van der Waals surface area contributed by atoms with Crippen molar-refractivity contribution in [2.45, 2.75) is 24.5 Å². The number of para-hydroxylation sites is 1. The Morgan fingerprint density at radius 2 is 1.94 bits per heavy atom. The molecule has 1 saturated carbocycles. The zero-order valence-electron chi connectivity index (χ0n) is 10.3. The van der Waals surface area contributed by atoms with E-state index >= 15 is 0 Å². The highest BCUT2D eigenvalue weighted by Crippen LogP contribution is 2.55. The largest absolute Gasteiger partial charge is 0.496 e. The monoisotopic (exact) mass is 234 g/mol. The summed E-state index contributed by atoms with van der Waals surface area (Å²) >= 11 is 0. The van der Waals surface area contributed by atoms with E-state index in [0.29, 0.717) is 5.92 Å². The Morgan fingerprint density at radius 1 is 1.24 bits per heavy atom. The van der Waals surface area contributed by atoms with Crippen molar-refractivity contribution in [1.29, 1.82) is 0 Å². The summed E-state index contributed by atoms with van der Waals surface area (Å²) in [6.45, 7) is 0.794. The van der Waals surface area contributed by atoms with Crippen molar-refractivity contribution in [2.24, 2.45) is 5.92 Å². The van der Waals surface area contributed by atoms with E-state index in [1.54, 1.807) is 14.2 Å². The molecular formula is C14H18O3. The fourth-order valence-electron chi connectivity index (χ4n) is 2.84. The quantitative estimate of drug-likeness (QED) is 0.733. The van der Waals surface area contributed by atoms with Crippen LogP contribution < -0.4 is 4.74 Å². The van der Waals surface area contributed by atoms with E-state index in [2.05, 4.69) is 6.07 Å². The van der Waals surface area contributed by atoms with Gasteiger partial charge in [-0.1, -0.05) is 18.2 Å². The van der Waals surface area contributed by atoms with Crippen LogP contribution in [0.5, 0.6) is 5.75 Å². The summed E-state index contributed by atoms with van der Waals surface area (Å²) in [5.74, 6) is 1.47. The highest BCUT2D eigenvalue weighted by Gasteiger charge is 2.58. The Bertz CT molecular complexity index is 396. The topological polar surface area (TPSA) is 31.0 Å². The van der Waals surface area contributed by atoms with Crippen LogP contribution >= 0.6 is 0 Å². The molecule has 2 fully saturated rings. The Kier molecular flexibility index (Phi) is 2.60. The summed E-state index contributed by atoms with van der Waals surface area (Å²) in [5.41, 5.74) is 0.835. The molecule has 2 aliphatic rings. The molecule has 1 aromatic carbocycles. The van der Waals surface area contributed by atoms with Crippen molar-refractivity contribution < 1.29 is 14.2 Å². The minimum Gasteiger partial charge on any atom is -0.496 e. The third-order valence-electron chi connectivity index (χ3n) is 3.86. The molecule has 0 radical (unpaired) electrons. The maximum Gasteiger partial charge on any atom is 0.127 e. The van der Waals surface area contributed by atoms with Crippen LogP contribution in [0.1, 0.15) is 18.4 Å². The molecule has 0 spiro atoms. The third kappa shape index (κ3) is 1.65. The van der Waals surface area contributed by atoms with E-state index in [4.69, 9.17) is 14.2 Å². The first kappa shape index (κ1) is 11.1. The third-order valence-corrected chi connectivity index (χ3v) is 3.86. The Morgan fingerprint density at radius 3 is 2.47 bits per heavy atom. The van der Waals surface area contributed by atoms with Gasteiger partial charge >= 0.3 is 0 Å². The standard InChI is InChI=1S/C14H18O3/c1-15-12-6-4-3-5-11(12)14(16-2,10-7-8-10)13-9-17-13/h3-6,10,13H,7-9H2,1-2H3/t13?,14-/m1/s1. The lowest BCUT2D eigenvalue weighted by Gasteiger charge is -2.32. The molecule has 17 heavy (non-hydrogen) atoms. The molecule has 1 unspecified atom stereocenters. The van der Waals surface area contributed by atoms with Crippen LogP contribution in [0, 0.1) is 5.92 Å². The molecule has 2 atom stereocenters. The van der Waals surface area contributed by atoms with Crippen molar-refractivity contribution in [3.8, 4) is 5.75 Å². The molecular weight excluding hydrogens is 216 g/mol.